The van der Waals surface area contributed by atoms with Crippen LogP contribution in [0, 0.1) is 11.8 Å². The molecule has 0 aromatic heterocycles. The highest BCUT2D eigenvalue weighted by Crippen LogP contribution is 2.22. The molecule has 0 saturated heterocycles. The topological polar surface area (TPSA) is 0 Å². The van der Waals surface area contributed by atoms with E-state index in [-0.39, 0.29) is 5.92 Å². The highest BCUT2D eigenvalue weighted by molar-refractivity contribution is 4.67. The Labute approximate surface area is 77.6 Å². The van der Waals surface area contributed by atoms with E-state index in [1.165, 1.54) is 0 Å². The second-order valence-electron chi connectivity index (χ2n) is 3.37. The van der Waals surface area contributed by atoms with Gasteiger partial charge in [0.25, 0.3) is 0 Å². The van der Waals surface area contributed by atoms with E-state index in [1.807, 2.05) is 13.8 Å². The van der Waals surface area contributed by atoms with Gasteiger partial charge in [0.2, 0.25) is 0 Å². The van der Waals surface area contributed by atoms with E-state index in [2.05, 4.69) is 20.8 Å². The Morgan fingerprint density at radius 2 is 1.50 bits per heavy atom. The van der Waals surface area contributed by atoms with Crippen LogP contribution in [0.3, 0.4) is 0 Å². The standard InChI is InChI=1S/C9H19F.C2H6/c1-5-6-9(7(2)3)8(4)10;1-2/h7-9H,5-6H2,1-4H3;1-2H3. The van der Waals surface area contributed by atoms with Gasteiger partial charge in [-0.3, -0.25) is 0 Å². The van der Waals surface area contributed by atoms with Crippen LogP contribution in [0.4, 0.5) is 4.39 Å². The van der Waals surface area contributed by atoms with E-state index in [0.29, 0.717) is 5.92 Å². The summed E-state index contributed by atoms with van der Waals surface area (Å²) in [5, 5.41) is 0. The van der Waals surface area contributed by atoms with E-state index in [1.54, 1.807) is 6.92 Å². The maximum atomic E-state index is 12.8. The minimum Gasteiger partial charge on any atom is -0.247 e. The lowest BCUT2D eigenvalue weighted by Crippen LogP contribution is -2.18. The summed E-state index contributed by atoms with van der Waals surface area (Å²) in [6, 6.07) is 0. The fourth-order valence-corrected chi connectivity index (χ4v) is 1.43. The van der Waals surface area contributed by atoms with Gasteiger partial charge < -0.3 is 0 Å². The van der Waals surface area contributed by atoms with E-state index in [4.69, 9.17) is 0 Å². The van der Waals surface area contributed by atoms with Crippen molar-refractivity contribution in [3.8, 4) is 0 Å². The van der Waals surface area contributed by atoms with Gasteiger partial charge in [-0.15, -0.1) is 0 Å². The summed E-state index contributed by atoms with van der Waals surface area (Å²) in [6.07, 6.45) is 1.48. The Morgan fingerprint density at radius 3 is 1.58 bits per heavy atom. The molecule has 0 aromatic carbocycles. The fraction of sp³-hybridized carbons (Fsp3) is 1.00. The van der Waals surface area contributed by atoms with Crippen LogP contribution >= 0.6 is 0 Å². The molecule has 0 heterocycles. The van der Waals surface area contributed by atoms with Crippen molar-refractivity contribution in [1.29, 1.82) is 0 Å². The Hall–Kier alpha value is -0.0700. The molecule has 0 aliphatic carbocycles. The van der Waals surface area contributed by atoms with Gasteiger partial charge in [0.05, 0.1) is 0 Å². The summed E-state index contributed by atoms with van der Waals surface area (Å²) in [4.78, 5) is 0. The number of alkyl halides is 1. The first-order chi connectivity index (χ1) is 5.59. The third-order valence-corrected chi connectivity index (χ3v) is 2.07. The third kappa shape index (κ3) is 6.63. The summed E-state index contributed by atoms with van der Waals surface area (Å²) < 4.78 is 12.8. The van der Waals surface area contributed by atoms with Gasteiger partial charge >= 0.3 is 0 Å². The Balaban J connectivity index is 0. The molecule has 1 heteroatoms. The molecule has 12 heavy (non-hydrogen) atoms. The van der Waals surface area contributed by atoms with Crippen molar-refractivity contribution in [1.82, 2.24) is 0 Å². The molecule has 0 radical (unpaired) electrons. The van der Waals surface area contributed by atoms with Crippen molar-refractivity contribution in [3.05, 3.63) is 0 Å². The van der Waals surface area contributed by atoms with Crippen molar-refractivity contribution < 1.29 is 4.39 Å². The van der Waals surface area contributed by atoms with E-state index >= 15 is 0 Å². The van der Waals surface area contributed by atoms with Crippen LogP contribution in [0.2, 0.25) is 0 Å². The first kappa shape index (κ1) is 14.5. The normalized spacial score (nSPS) is 15.0. The SMILES string of the molecule is CC.CCCC(C(C)C)C(C)F. The minimum atomic E-state index is -0.639. The summed E-state index contributed by atoms with van der Waals surface area (Å²) in [6.45, 7) is 12.0. The van der Waals surface area contributed by atoms with Crippen molar-refractivity contribution in [3.63, 3.8) is 0 Å². The van der Waals surface area contributed by atoms with Gasteiger partial charge in [0.1, 0.15) is 6.17 Å². The maximum absolute atomic E-state index is 12.8. The minimum absolute atomic E-state index is 0.269. The van der Waals surface area contributed by atoms with Crippen molar-refractivity contribution in [2.45, 2.75) is 60.6 Å². The molecule has 0 fully saturated rings. The zero-order valence-corrected chi connectivity index (χ0v) is 9.52. The van der Waals surface area contributed by atoms with Crippen molar-refractivity contribution >= 4 is 0 Å². The third-order valence-electron chi connectivity index (χ3n) is 2.07. The highest BCUT2D eigenvalue weighted by Gasteiger charge is 2.18. The predicted octanol–water partition coefficient (Wildman–Crippen LogP) is 4.44. The molecule has 0 aromatic rings. The number of halogens is 1. The first-order valence-corrected chi connectivity index (χ1v) is 5.23. The molecule has 76 valence electrons. The van der Waals surface area contributed by atoms with E-state index in [9.17, 15) is 4.39 Å². The monoisotopic (exact) mass is 176 g/mol. The molecule has 2 atom stereocenters. The van der Waals surface area contributed by atoms with Crippen LogP contribution in [-0.4, -0.2) is 6.17 Å². The summed E-state index contributed by atoms with van der Waals surface area (Å²) >= 11 is 0. The zero-order chi connectivity index (χ0) is 10.1. The van der Waals surface area contributed by atoms with Crippen LogP contribution in [-0.2, 0) is 0 Å². The molecule has 0 amide bonds. The van der Waals surface area contributed by atoms with Crippen molar-refractivity contribution in [2.24, 2.45) is 11.8 Å². The number of hydrogen-bond donors (Lipinski definition) is 0. The molecule has 0 saturated carbocycles. The van der Waals surface area contributed by atoms with Crippen LogP contribution in [0.25, 0.3) is 0 Å². The fourth-order valence-electron chi connectivity index (χ4n) is 1.43. The first-order valence-electron chi connectivity index (χ1n) is 5.23. The van der Waals surface area contributed by atoms with Gasteiger partial charge in [-0.05, 0) is 25.2 Å². The Kier molecular flexibility index (Phi) is 10.9. The average Bonchev–Trinajstić information content (AvgIpc) is 2.03. The van der Waals surface area contributed by atoms with Gasteiger partial charge in [0.15, 0.2) is 0 Å². The average molecular weight is 176 g/mol. The lowest BCUT2D eigenvalue weighted by atomic mass is 9.88. The number of rotatable bonds is 4. The van der Waals surface area contributed by atoms with Gasteiger partial charge in [-0.1, -0.05) is 41.0 Å². The van der Waals surface area contributed by atoms with Gasteiger partial charge in [0, 0.05) is 0 Å². The molecule has 0 aliphatic rings. The molecular formula is C11H25F. The van der Waals surface area contributed by atoms with E-state index in [0.717, 1.165) is 12.8 Å². The second kappa shape index (κ2) is 9.02. The molecular weight excluding hydrogens is 151 g/mol. The molecule has 0 nitrogen and oxygen atoms in total. The van der Waals surface area contributed by atoms with Crippen LogP contribution in [0.15, 0.2) is 0 Å². The molecule has 0 N–H and O–H groups in total. The highest BCUT2D eigenvalue weighted by atomic mass is 19.1. The quantitative estimate of drug-likeness (QED) is 0.594. The van der Waals surface area contributed by atoms with E-state index < -0.39 is 6.17 Å². The summed E-state index contributed by atoms with van der Waals surface area (Å²) in [5.74, 6) is 0.755. The lowest BCUT2D eigenvalue weighted by molar-refractivity contribution is 0.186. The Morgan fingerprint density at radius 1 is 1.08 bits per heavy atom. The molecule has 0 bridgehead atoms. The molecule has 0 aliphatic heterocycles. The second-order valence-corrected chi connectivity index (χ2v) is 3.37. The summed E-state index contributed by atoms with van der Waals surface area (Å²) in [5.41, 5.74) is 0. The maximum Gasteiger partial charge on any atom is 0.100 e. The summed E-state index contributed by atoms with van der Waals surface area (Å²) in [7, 11) is 0. The van der Waals surface area contributed by atoms with Crippen molar-refractivity contribution in [2.75, 3.05) is 0 Å². The number of hydrogen-bond acceptors (Lipinski definition) is 0. The van der Waals surface area contributed by atoms with Crippen LogP contribution < -0.4 is 0 Å². The van der Waals surface area contributed by atoms with Crippen LogP contribution in [0.1, 0.15) is 54.4 Å². The largest absolute Gasteiger partial charge is 0.247 e. The van der Waals surface area contributed by atoms with Gasteiger partial charge in [-0.2, -0.15) is 0 Å². The Bertz CT molecular complexity index is 69.1. The molecule has 2 unspecified atom stereocenters. The van der Waals surface area contributed by atoms with Gasteiger partial charge in [-0.25, -0.2) is 4.39 Å². The zero-order valence-electron chi connectivity index (χ0n) is 9.52. The molecule has 0 spiro atoms. The predicted molar refractivity (Wildman–Crippen MR) is 55.2 cm³/mol. The lowest BCUT2D eigenvalue weighted by Gasteiger charge is -2.21. The van der Waals surface area contributed by atoms with Crippen LogP contribution in [0.5, 0.6) is 0 Å². The molecule has 0 rings (SSSR count). The smallest absolute Gasteiger partial charge is 0.100 e.